The van der Waals surface area contributed by atoms with E-state index in [1.165, 1.54) is 0 Å². The Hall–Kier alpha value is -2.64. The van der Waals surface area contributed by atoms with E-state index < -0.39 is 6.10 Å². The summed E-state index contributed by atoms with van der Waals surface area (Å²) in [6, 6.07) is 3.97. The number of aliphatic hydroxyl groups excluding tert-OH is 1. The van der Waals surface area contributed by atoms with Crippen LogP contribution < -0.4 is 20.7 Å². The van der Waals surface area contributed by atoms with Gasteiger partial charge >= 0.3 is 0 Å². The number of fused-ring (bicyclic) bond motifs is 1. The molecule has 0 saturated heterocycles. The van der Waals surface area contributed by atoms with Gasteiger partial charge in [0.25, 0.3) is 0 Å². The topological polar surface area (TPSA) is 91.3 Å². The van der Waals surface area contributed by atoms with E-state index in [1.54, 1.807) is 0 Å². The molecule has 1 atom stereocenters. The summed E-state index contributed by atoms with van der Waals surface area (Å²) in [5.74, 6) is 2.39. The predicted molar refractivity (Wildman–Crippen MR) is 111 cm³/mol. The third-order valence-corrected chi connectivity index (χ3v) is 5.19. The van der Waals surface area contributed by atoms with Gasteiger partial charge in [-0.15, -0.1) is 0 Å². The van der Waals surface area contributed by atoms with Crippen molar-refractivity contribution in [1.29, 1.82) is 0 Å². The number of rotatable bonds is 4. The van der Waals surface area contributed by atoms with E-state index >= 15 is 0 Å². The van der Waals surface area contributed by atoms with Crippen molar-refractivity contribution in [2.24, 2.45) is 0 Å². The minimum absolute atomic E-state index is 0.411. The second-order valence-corrected chi connectivity index (χ2v) is 7.34. The average molecular weight is 381 g/mol. The van der Waals surface area contributed by atoms with Crippen molar-refractivity contribution in [2.75, 3.05) is 37.4 Å². The summed E-state index contributed by atoms with van der Waals surface area (Å²) in [7, 11) is 1.89. The molecule has 2 aliphatic heterocycles. The van der Waals surface area contributed by atoms with Crippen molar-refractivity contribution in [3.05, 3.63) is 40.7 Å². The molecule has 7 heteroatoms. The summed E-state index contributed by atoms with van der Waals surface area (Å²) >= 11 is 0. The number of β-amino-alcohol motifs (C(OH)–C–C–N with tert-alkyl or cyclic N) is 1. The van der Waals surface area contributed by atoms with Crippen LogP contribution in [0.2, 0.25) is 0 Å². The lowest BCUT2D eigenvalue weighted by molar-refractivity contribution is 0.180. The molecule has 0 spiro atoms. The van der Waals surface area contributed by atoms with Gasteiger partial charge in [-0.3, -0.25) is 0 Å². The number of hydrogen-bond donors (Lipinski definition) is 4. The molecule has 0 unspecified atom stereocenters. The van der Waals surface area contributed by atoms with E-state index in [-0.39, 0.29) is 0 Å². The number of anilines is 3. The van der Waals surface area contributed by atoms with Gasteiger partial charge in [-0.05, 0) is 25.5 Å². The highest BCUT2D eigenvalue weighted by Gasteiger charge is 2.26. The molecule has 2 aromatic heterocycles. The summed E-state index contributed by atoms with van der Waals surface area (Å²) in [6.07, 6.45) is 3.12. The maximum absolute atomic E-state index is 10.3. The molecule has 0 radical (unpaired) electrons. The molecule has 0 aromatic carbocycles. The summed E-state index contributed by atoms with van der Waals surface area (Å²) in [5, 5.41) is 20.1. The molecule has 0 amide bonds. The minimum atomic E-state index is -0.411. The maximum Gasteiger partial charge on any atom is 0.148 e. The highest BCUT2D eigenvalue weighted by Crippen LogP contribution is 2.40. The van der Waals surface area contributed by atoms with Crippen molar-refractivity contribution in [3.63, 3.8) is 0 Å². The number of hydrogen-bond acceptors (Lipinski definition) is 7. The van der Waals surface area contributed by atoms with Gasteiger partial charge in [0.2, 0.25) is 0 Å². The molecule has 28 heavy (non-hydrogen) atoms. The highest BCUT2D eigenvalue weighted by molar-refractivity contribution is 5.79. The minimum Gasteiger partial charge on any atom is -0.491 e. The summed E-state index contributed by atoms with van der Waals surface area (Å²) < 4.78 is 5.94. The normalized spacial score (nSPS) is 18.7. The van der Waals surface area contributed by atoms with Gasteiger partial charge in [0.15, 0.2) is 0 Å². The number of nitrogens with one attached hydrogen (secondary N) is 3. The molecule has 4 N–H and O–H groups in total. The lowest BCUT2D eigenvalue weighted by Crippen LogP contribution is -2.24. The Kier molecular flexibility index (Phi) is 5.19. The van der Waals surface area contributed by atoms with Crippen LogP contribution in [0, 0.1) is 13.8 Å². The largest absolute Gasteiger partial charge is 0.491 e. The quantitative estimate of drug-likeness (QED) is 0.647. The third-order valence-electron chi connectivity index (χ3n) is 5.19. The number of pyridine rings is 2. The number of aliphatic hydroxyl groups is 1. The molecule has 0 saturated carbocycles. The van der Waals surface area contributed by atoms with Crippen LogP contribution in [-0.2, 0) is 6.42 Å². The number of aryl methyl sites for hydroxylation is 1. The molecule has 4 rings (SSSR count). The first kappa shape index (κ1) is 18.7. The van der Waals surface area contributed by atoms with E-state index in [1.807, 2.05) is 33.0 Å². The molecule has 0 bridgehead atoms. The molecule has 4 heterocycles. The van der Waals surface area contributed by atoms with Crippen LogP contribution in [-0.4, -0.2) is 47.9 Å². The number of nitrogens with zero attached hydrogens (tertiary/aromatic N) is 2. The Bertz CT molecular complexity index is 925. The molecule has 148 valence electrons. The molecule has 2 aliphatic rings. The fourth-order valence-electron chi connectivity index (χ4n) is 3.84. The van der Waals surface area contributed by atoms with Gasteiger partial charge < -0.3 is 25.8 Å². The van der Waals surface area contributed by atoms with Crippen LogP contribution >= 0.6 is 0 Å². The van der Waals surface area contributed by atoms with Crippen LogP contribution in [0.5, 0.6) is 5.75 Å². The summed E-state index contributed by atoms with van der Waals surface area (Å²) in [6.45, 7) is 5.99. The van der Waals surface area contributed by atoms with E-state index in [0.717, 1.165) is 64.1 Å². The Balaban J connectivity index is 1.77. The van der Waals surface area contributed by atoms with Crippen LogP contribution in [0.4, 0.5) is 17.3 Å². The van der Waals surface area contributed by atoms with E-state index in [4.69, 9.17) is 9.72 Å². The number of aromatic nitrogens is 2. The molecule has 7 nitrogen and oxygen atoms in total. The van der Waals surface area contributed by atoms with Crippen LogP contribution in [0.1, 0.15) is 28.9 Å². The second-order valence-electron chi connectivity index (χ2n) is 7.34. The average Bonchev–Trinajstić information content (AvgIpc) is 3.01. The first-order valence-corrected chi connectivity index (χ1v) is 9.73. The molecular weight excluding hydrogens is 354 g/mol. The molecular formula is C21H27N5O2. The summed E-state index contributed by atoms with van der Waals surface area (Å²) in [4.78, 5) is 9.42. The predicted octanol–water partition coefficient (Wildman–Crippen LogP) is 2.55. The highest BCUT2D eigenvalue weighted by atomic mass is 16.5. The van der Waals surface area contributed by atoms with E-state index in [2.05, 4.69) is 27.0 Å². The van der Waals surface area contributed by atoms with Gasteiger partial charge in [0, 0.05) is 61.6 Å². The van der Waals surface area contributed by atoms with Gasteiger partial charge in [-0.1, -0.05) is 6.08 Å². The fraction of sp³-hybridized carbons (Fsp3) is 0.429. The zero-order chi connectivity index (χ0) is 19.7. The van der Waals surface area contributed by atoms with Crippen molar-refractivity contribution in [2.45, 2.75) is 32.8 Å². The van der Waals surface area contributed by atoms with Crippen molar-refractivity contribution in [3.8, 4) is 5.75 Å². The van der Waals surface area contributed by atoms with Gasteiger partial charge in [0.1, 0.15) is 17.4 Å². The van der Waals surface area contributed by atoms with E-state index in [9.17, 15) is 5.11 Å². The van der Waals surface area contributed by atoms with Crippen molar-refractivity contribution in [1.82, 2.24) is 15.3 Å². The standard InChI is InChI=1S/C21H27N5O2/c1-12-8-15(22-3)10-18(24-12)26-21-13(2)19(20-17(25-21)5-7-28-20)14-4-6-23-11-16(27)9-14/h4,8,10,16,23,27H,5-7,9,11H2,1-3H3,(H2,22,24,25,26)/t16-/m1/s1. The zero-order valence-electron chi connectivity index (χ0n) is 16.6. The van der Waals surface area contributed by atoms with Gasteiger partial charge in [0.05, 0.1) is 18.4 Å². The maximum atomic E-state index is 10.3. The Morgan fingerprint density at radius 1 is 1.25 bits per heavy atom. The van der Waals surface area contributed by atoms with Gasteiger partial charge in [-0.25, -0.2) is 9.97 Å². The van der Waals surface area contributed by atoms with E-state index in [0.29, 0.717) is 19.6 Å². The lowest BCUT2D eigenvalue weighted by Gasteiger charge is -2.19. The summed E-state index contributed by atoms with van der Waals surface area (Å²) in [5.41, 5.74) is 6.05. The molecule has 0 fully saturated rings. The number of ether oxygens (including phenoxy) is 1. The Morgan fingerprint density at radius 2 is 2.11 bits per heavy atom. The van der Waals surface area contributed by atoms with Crippen LogP contribution in [0.3, 0.4) is 0 Å². The zero-order valence-corrected chi connectivity index (χ0v) is 16.6. The van der Waals surface area contributed by atoms with Crippen molar-refractivity contribution < 1.29 is 9.84 Å². The van der Waals surface area contributed by atoms with Gasteiger partial charge in [-0.2, -0.15) is 0 Å². The molecule has 0 aliphatic carbocycles. The Morgan fingerprint density at radius 3 is 2.93 bits per heavy atom. The SMILES string of the molecule is CNc1cc(C)nc(Nc2nc3c(c(C4=CCNC[C@H](O)C4)c2C)OCC3)c1. The lowest BCUT2D eigenvalue weighted by atomic mass is 9.94. The third kappa shape index (κ3) is 3.68. The first-order valence-electron chi connectivity index (χ1n) is 9.73. The first-order chi connectivity index (χ1) is 13.5. The Labute approximate surface area is 165 Å². The van der Waals surface area contributed by atoms with Crippen LogP contribution in [0.25, 0.3) is 5.57 Å². The fourth-order valence-corrected chi connectivity index (χ4v) is 3.84. The van der Waals surface area contributed by atoms with Crippen molar-refractivity contribution >= 4 is 22.9 Å². The monoisotopic (exact) mass is 381 g/mol. The molecule has 2 aromatic rings. The smallest absolute Gasteiger partial charge is 0.148 e. The second kappa shape index (κ2) is 7.77. The van der Waals surface area contributed by atoms with Crippen LogP contribution in [0.15, 0.2) is 18.2 Å².